The summed E-state index contributed by atoms with van der Waals surface area (Å²) in [6.07, 6.45) is 5.10. The average molecular weight is 476 g/mol. The number of hydrogen-bond donors (Lipinski definition) is 0. The van der Waals surface area contributed by atoms with Gasteiger partial charge in [-0.3, -0.25) is 4.79 Å². The number of carbonyl (C=O) groups is 2. The van der Waals surface area contributed by atoms with E-state index in [-0.39, 0.29) is 11.9 Å². The second-order valence-electron chi connectivity index (χ2n) is 11.8. The lowest BCUT2D eigenvalue weighted by atomic mass is 9.88. The van der Waals surface area contributed by atoms with E-state index in [4.69, 9.17) is 9.47 Å². The molecule has 2 aromatic rings. The number of carbonyl (C=O) groups excluding carboxylic acids is 2. The molecule has 1 amide bonds. The molecule has 2 aliphatic carbocycles. The minimum Gasteiger partial charge on any atom is -0.456 e. The quantitative estimate of drug-likeness (QED) is 0.506. The first-order chi connectivity index (χ1) is 16.6. The Labute approximate surface area is 208 Å². The zero-order valence-electron chi connectivity index (χ0n) is 21.6. The molecule has 0 radical (unpaired) electrons. The van der Waals surface area contributed by atoms with Gasteiger partial charge in [-0.2, -0.15) is 0 Å². The number of esters is 1. The molecule has 3 aliphatic rings. The second-order valence-corrected chi connectivity index (χ2v) is 11.8. The number of likely N-dealkylation sites (tertiary alicyclic amines) is 1. The van der Waals surface area contributed by atoms with E-state index in [1.54, 1.807) is 7.11 Å². The summed E-state index contributed by atoms with van der Waals surface area (Å²) in [4.78, 5) is 27.2. The second kappa shape index (κ2) is 8.48. The monoisotopic (exact) mass is 475 g/mol. The fourth-order valence-corrected chi connectivity index (χ4v) is 5.78. The van der Waals surface area contributed by atoms with E-state index in [1.807, 2.05) is 50.8 Å². The lowest BCUT2D eigenvalue weighted by Gasteiger charge is -2.35. The number of nitrogens with zero attached hydrogens (tertiary/aromatic N) is 1. The van der Waals surface area contributed by atoms with Gasteiger partial charge in [0.15, 0.2) is 0 Å². The molecule has 1 aliphatic heterocycles. The molecule has 5 heteroatoms. The van der Waals surface area contributed by atoms with E-state index < -0.39 is 11.2 Å². The Hall–Kier alpha value is -2.66. The summed E-state index contributed by atoms with van der Waals surface area (Å²) in [5.74, 6) is 0.495. The normalized spacial score (nSPS) is 22.1. The average Bonchev–Trinajstić information content (AvgIpc) is 3.74. The Morgan fingerprint density at radius 2 is 1.63 bits per heavy atom. The van der Waals surface area contributed by atoms with Gasteiger partial charge in [0, 0.05) is 20.2 Å². The van der Waals surface area contributed by atoms with Crippen molar-refractivity contribution in [2.75, 3.05) is 20.2 Å². The van der Waals surface area contributed by atoms with Crippen LogP contribution in [0.3, 0.4) is 0 Å². The van der Waals surface area contributed by atoms with E-state index in [9.17, 15) is 9.59 Å². The Bertz CT molecular complexity index is 1130. The van der Waals surface area contributed by atoms with Crippen molar-refractivity contribution in [2.24, 2.45) is 5.41 Å². The number of ether oxygens (including phenoxy) is 2. The van der Waals surface area contributed by atoms with Crippen molar-refractivity contribution < 1.29 is 19.1 Å². The molecule has 1 spiro atoms. The van der Waals surface area contributed by atoms with Crippen molar-refractivity contribution in [1.82, 2.24) is 4.90 Å². The first-order valence-electron chi connectivity index (χ1n) is 12.8. The van der Waals surface area contributed by atoms with E-state index >= 15 is 0 Å². The van der Waals surface area contributed by atoms with Gasteiger partial charge in [-0.15, -0.1) is 0 Å². The van der Waals surface area contributed by atoms with Crippen LogP contribution in [0.2, 0.25) is 0 Å². The Morgan fingerprint density at radius 1 is 0.971 bits per heavy atom. The SMILES string of the molecule is COC1(C(=O)N2CCC3(CC2)CC3c2ccc(-c3ccc(C(=O)OC(C)(C)C)cc3C)cc2)CC1. The Morgan fingerprint density at radius 3 is 2.17 bits per heavy atom. The predicted octanol–water partition coefficient (Wildman–Crippen LogP) is 5.89. The third-order valence-corrected chi connectivity index (χ3v) is 8.21. The number of aryl methyl sites for hydroxylation is 1. The maximum Gasteiger partial charge on any atom is 0.338 e. The molecule has 1 unspecified atom stereocenters. The molecule has 0 N–H and O–H groups in total. The molecule has 0 bridgehead atoms. The van der Waals surface area contributed by atoms with Gasteiger partial charge in [0.25, 0.3) is 5.91 Å². The van der Waals surface area contributed by atoms with Crippen LogP contribution >= 0.6 is 0 Å². The maximum atomic E-state index is 12.8. The molecule has 2 saturated carbocycles. The van der Waals surface area contributed by atoms with Crippen molar-refractivity contribution >= 4 is 11.9 Å². The van der Waals surface area contributed by atoms with E-state index in [1.165, 1.54) is 12.0 Å². The molecule has 186 valence electrons. The first-order valence-corrected chi connectivity index (χ1v) is 12.8. The number of amides is 1. The van der Waals surface area contributed by atoms with Crippen LogP contribution < -0.4 is 0 Å². The molecule has 5 nitrogen and oxygen atoms in total. The van der Waals surface area contributed by atoms with Gasteiger partial charge in [-0.05, 0) is 106 Å². The Balaban J connectivity index is 1.22. The minimum atomic E-state index is -0.507. The highest BCUT2D eigenvalue weighted by Crippen LogP contribution is 2.65. The maximum absolute atomic E-state index is 12.8. The van der Waals surface area contributed by atoms with Crippen LogP contribution in [0.25, 0.3) is 11.1 Å². The van der Waals surface area contributed by atoms with E-state index in [0.29, 0.717) is 16.9 Å². The molecular weight excluding hydrogens is 438 g/mol. The van der Waals surface area contributed by atoms with Gasteiger partial charge in [-0.1, -0.05) is 30.3 Å². The van der Waals surface area contributed by atoms with Gasteiger partial charge in [0.05, 0.1) is 5.56 Å². The van der Waals surface area contributed by atoms with Crippen LogP contribution in [0.1, 0.15) is 80.3 Å². The molecule has 1 heterocycles. The zero-order chi connectivity index (χ0) is 25.0. The van der Waals surface area contributed by atoms with Crippen LogP contribution in [0.15, 0.2) is 42.5 Å². The summed E-state index contributed by atoms with van der Waals surface area (Å²) in [5, 5.41) is 0. The molecule has 2 aromatic carbocycles. The molecule has 1 atom stereocenters. The molecule has 1 saturated heterocycles. The molecular formula is C30H37NO4. The number of piperidine rings is 1. The third-order valence-electron chi connectivity index (χ3n) is 8.21. The third kappa shape index (κ3) is 4.63. The summed E-state index contributed by atoms with van der Waals surface area (Å²) >= 11 is 0. The van der Waals surface area contributed by atoms with E-state index in [0.717, 1.165) is 55.5 Å². The summed E-state index contributed by atoms with van der Waals surface area (Å²) in [5.41, 5.74) is 4.67. The number of hydrogen-bond acceptors (Lipinski definition) is 4. The largest absolute Gasteiger partial charge is 0.456 e. The van der Waals surface area contributed by atoms with Gasteiger partial charge in [-0.25, -0.2) is 4.79 Å². The molecule has 3 fully saturated rings. The lowest BCUT2D eigenvalue weighted by Crippen LogP contribution is -2.46. The van der Waals surface area contributed by atoms with Crippen molar-refractivity contribution in [2.45, 2.75) is 76.9 Å². The zero-order valence-corrected chi connectivity index (χ0v) is 21.6. The van der Waals surface area contributed by atoms with Gasteiger partial charge in [0.1, 0.15) is 11.2 Å². The fourth-order valence-electron chi connectivity index (χ4n) is 5.78. The molecule has 0 aromatic heterocycles. The number of methoxy groups -OCH3 is 1. The van der Waals surface area contributed by atoms with Crippen molar-refractivity contribution in [3.63, 3.8) is 0 Å². The summed E-state index contributed by atoms with van der Waals surface area (Å²) in [6, 6.07) is 14.7. The van der Waals surface area contributed by atoms with Gasteiger partial charge in [0.2, 0.25) is 0 Å². The topological polar surface area (TPSA) is 55.8 Å². The number of rotatable bonds is 5. The van der Waals surface area contributed by atoms with Gasteiger partial charge < -0.3 is 14.4 Å². The van der Waals surface area contributed by atoms with Crippen LogP contribution in [0.5, 0.6) is 0 Å². The van der Waals surface area contributed by atoms with Crippen molar-refractivity contribution in [3.05, 3.63) is 59.2 Å². The van der Waals surface area contributed by atoms with E-state index in [2.05, 4.69) is 24.3 Å². The first kappa shape index (κ1) is 24.1. The highest BCUT2D eigenvalue weighted by molar-refractivity contribution is 5.91. The summed E-state index contributed by atoms with van der Waals surface area (Å²) in [7, 11) is 1.66. The van der Waals surface area contributed by atoms with Gasteiger partial charge >= 0.3 is 5.97 Å². The molecule has 35 heavy (non-hydrogen) atoms. The lowest BCUT2D eigenvalue weighted by molar-refractivity contribution is -0.146. The minimum absolute atomic E-state index is 0.199. The standard InChI is InChI=1S/C30H37NO4/c1-20-18-23(26(32)35-28(2,3)4)10-11-24(20)21-6-8-22(9-7-21)25-19-29(25)14-16-31(17-15-29)27(33)30(34-5)12-13-30/h6-11,18,25H,12-17,19H2,1-5H3. The van der Waals surface area contributed by atoms with Crippen LogP contribution in [0, 0.1) is 12.3 Å². The van der Waals surface area contributed by atoms with Crippen LogP contribution in [0.4, 0.5) is 0 Å². The van der Waals surface area contributed by atoms with Crippen LogP contribution in [-0.4, -0.2) is 48.2 Å². The fraction of sp³-hybridized carbons (Fsp3) is 0.533. The Kier molecular flexibility index (Phi) is 5.83. The van der Waals surface area contributed by atoms with Crippen molar-refractivity contribution in [1.29, 1.82) is 0 Å². The highest BCUT2D eigenvalue weighted by atomic mass is 16.6. The smallest absolute Gasteiger partial charge is 0.338 e. The predicted molar refractivity (Wildman–Crippen MR) is 136 cm³/mol. The van der Waals surface area contributed by atoms with Crippen LogP contribution in [-0.2, 0) is 14.3 Å². The molecule has 5 rings (SSSR count). The highest BCUT2D eigenvalue weighted by Gasteiger charge is 2.58. The van der Waals surface area contributed by atoms with Crippen molar-refractivity contribution in [3.8, 4) is 11.1 Å². The summed E-state index contributed by atoms with van der Waals surface area (Å²) < 4.78 is 11.0. The summed E-state index contributed by atoms with van der Waals surface area (Å²) in [6.45, 7) is 9.38. The number of benzene rings is 2.